The van der Waals surface area contributed by atoms with Gasteiger partial charge in [-0.3, -0.25) is 4.90 Å². The first kappa shape index (κ1) is 14.2. The van der Waals surface area contributed by atoms with Gasteiger partial charge in [-0.15, -0.1) is 0 Å². The average molecular weight is 280 g/mol. The molecule has 21 heavy (non-hydrogen) atoms. The van der Waals surface area contributed by atoms with E-state index in [-0.39, 0.29) is 0 Å². The first-order valence-corrected chi connectivity index (χ1v) is 7.80. The van der Waals surface area contributed by atoms with Crippen molar-refractivity contribution in [1.29, 1.82) is 0 Å². The maximum Gasteiger partial charge on any atom is 0.0359 e. The summed E-state index contributed by atoms with van der Waals surface area (Å²) in [5, 5.41) is 0. The van der Waals surface area contributed by atoms with Crippen LogP contribution in [0.1, 0.15) is 36.5 Å². The van der Waals surface area contributed by atoms with E-state index in [4.69, 9.17) is 5.73 Å². The zero-order chi connectivity index (χ0) is 14.8. The van der Waals surface area contributed by atoms with Gasteiger partial charge < -0.3 is 5.73 Å². The third-order valence-electron chi connectivity index (χ3n) is 4.57. The van der Waals surface area contributed by atoms with E-state index in [1.54, 1.807) is 0 Å². The molecule has 1 atom stereocenters. The number of anilines is 1. The summed E-state index contributed by atoms with van der Waals surface area (Å²) in [6.45, 7) is 6.58. The van der Waals surface area contributed by atoms with Crippen molar-refractivity contribution < 1.29 is 0 Å². The summed E-state index contributed by atoms with van der Waals surface area (Å²) >= 11 is 0. The maximum atomic E-state index is 6.10. The monoisotopic (exact) mass is 280 g/mol. The topological polar surface area (TPSA) is 29.3 Å². The first-order valence-electron chi connectivity index (χ1n) is 7.80. The molecule has 0 aromatic heterocycles. The highest BCUT2D eigenvalue weighted by molar-refractivity contribution is 5.46. The Morgan fingerprint density at radius 3 is 2.52 bits per heavy atom. The number of hydrogen-bond donors (Lipinski definition) is 1. The minimum atomic E-state index is 0.525. The molecule has 0 spiro atoms. The molecule has 1 aliphatic rings. The molecule has 2 aromatic rings. The van der Waals surface area contributed by atoms with Gasteiger partial charge in [-0.25, -0.2) is 0 Å². The van der Waals surface area contributed by atoms with Gasteiger partial charge >= 0.3 is 0 Å². The molecule has 0 heterocycles. The molecule has 0 bridgehead atoms. The fraction of sp³-hybridized carbons (Fsp3) is 0.368. The minimum Gasteiger partial charge on any atom is -0.398 e. The molecule has 1 unspecified atom stereocenters. The van der Waals surface area contributed by atoms with E-state index < -0.39 is 0 Å². The third kappa shape index (κ3) is 2.96. The van der Waals surface area contributed by atoms with Crippen molar-refractivity contribution in [3.05, 3.63) is 65.2 Å². The van der Waals surface area contributed by atoms with Crippen molar-refractivity contribution in [1.82, 2.24) is 4.90 Å². The van der Waals surface area contributed by atoms with Gasteiger partial charge in [-0.05, 0) is 43.0 Å². The predicted octanol–water partition coefficient (Wildman–Crippen LogP) is 3.82. The van der Waals surface area contributed by atoms with E-state index in [0.717, 1.165) is 18.8 Å². The molecular weight excluding hydrogens is 256 g/mol. The molecule has 0 fully saturated rings. The highest BCUT2D eigenvalue weighted by Gasteiger charge is 2.28. The quantitative estimate of drug-likeness (QED) is 0.844. The van der Waals surface area contributed by atoms with Crippen LogP contribution >= 0.6 is 0 Å². The molecule has 1 aliphatic carbocycles. The van der Waals surface area contributed by atoms with Crippen LogP contribution in [0.5, 0.6) is 0 Å². The highest BCUT2D eigenvalue weighted by Crippen LogP contribution is 2.36. The lowest BCUT2D eigenvalue weighted by Crippen LogP contribution is -2.37. The Kier molecular flexibility index (Phi) is 3.98. The largest absolute Gasteiger partial charge is 0.398 e. The van der Waals surface area contributed by atoms with Crippen LogP contribution < -0.4 is 5.73 Å². The van der Waals surface area contributed by atoms with Crippen LogP contribution in [0.15, 0.2) is 48.5 Å². The Hall–Kier alpha value is -1.80. The van der Waals surface area contributed by atoms with Gasteiger partial charge in [0.05, 0.1) is 0 Å². The molecule has 2 heteroatoms. The number of nitrogen functional groups attached to an aromatic ring is 1. The number of rotatable bonds is 5. The van der Waals surface area contributed by atoms with Gasteiger partial charge in [0.2, 0.25) is 0 Å². The fourth-order valence-electron chi connectivity index (χ4n) is 3.16. The van der Waals surface area contributed by atoms with Crippen molar-refractivity contribution in [2.75, 3.05) is 12.3 Å². The lowest BCUT2D eigenvalue weighted by atomic mass is 9.77. The van der Waals surface area contributed by atoms with Crippen molar-refractivity contribution in [3.63, 3.8) is 0 Å². The maximum absolute atomic E-state index is 6.10. The lowest BCUT2D eigenvalue weighted by molar-refractivity contribution is 0.193. The summed E-state index contributed by atoms with van der Waals surface area (Å²) in [6, 6.07) is 17.5. The molecule has 0 saturated carbocycles. The number of para-hydroxylation sites is 1. The third-order valence-corrected chi connectivity index (χ3v) is 4.57. The smallest absolute Gasteiger partial charge is 0.0359 e. The van der Waals surface area contributed by atoms with Crippen LogP contribution in [-0.2, 0) is 13.0 Å². The van der Waals surface area contributed by atoms with Gasteiger partial charge in [0.25, 0.3) is 0 Å². The second kappa shape index (κ2) is 5.90. The number of nitrogens with zero attached hydrogens (tertiary/aromatic N) is 1. The fourth-order valence-corrected chi connectivity index (χ4v) is 3.16. The molecule has 2 nitrogen and oxygen atoms in total. The number of hydrogen-bond acceptors (Lipinski definition) is 2. The van der Waals surface area contributed by atoms with E-state index in [2.05, 4.69) is 55.1 Å². The predicted molar refractivity (Wildman–Crippen MR) is 89.3 cm³/mol. The van der Waals surface area contributed by atoms with Crippen LogP contribution in [0.3, 0.4) is 0 Å². The van der Waals surface area contributed by atoms with Crippen LogP contribution in [0.2, 0.25) is 0 Å². The van der Waals surface area contributed by atoms with Gasteiger partial charge in [0.1, 0.15) is 0 Å². The molecule has 3 rings (SSSR count). The Morgan fingerprint density at radius 2 is 1.81 bits per heavy atom. The van der Waals surface area contributed by atoms with Crippen LogP contribution in [0.25, 0.3) is 0 Å². The van der Waals surface area contributed by atoms with Crippen molar-refractivity contribution in [2.45, 2.75) is 38.8 Å². The summed E-state index contributed by atoms with van der Waals surface area (Å²) in [7, 11) is 0. The standard InChI is InChI=1S/C19H24N2/c1-14(2)21(12-16-8-4-6-10-19(16)20)13-17-11-15-7-3-5-9-18(15)17/h3-10,14,17H,11-13,20H2,1-2H3. The van der Waals surface area contributed by atoms with Crippen LogP contribution in [0.4, 0.5) is 5.69 Å². The van der Waals surface area contributed by atoms with Gasteiger partial charge in [0, 0.05) is 30.7 Å². The molecule has 2 N–H and O–H groups in total. The Morgan fingerprint density at radius 1 is 1.10 bits per heavy atom. The summed E-state index contributed by atoms with van der Waals surface area (Å²) in [5.41, 5.74) is 11.3. The highest BCUT2D eigenvalue weighted by atomic mass is 15.1. The lowest BCUT2D eigenvalue weighted by Gasteiger charge is -2.37. The average Bonchev–Trinajstić information content (AvgIpc) is 2.45. The summed E-state index contributed by atoms with van der Waals surface area (Å²) in [6.07, 6.45) is 1.21. The number of benzene rings is 2. The van der Waals surface area contributed by atoms with Crippen molar-refractivity contribution in [3.8, 4) is 0 Å². The molecule has 0 saturated heterocycles. The van der Waals surface area contributed by atoms with Gasteiger partial charge in [-0.2, -0.15) is 0 Å². The SMILES string of the molecule is CC(C)N(Cc1ccccc1N)CC1Cc2ccccc21. The van der Waals surface area contributed by atoms with E-state index in [1.807, 2.05) is 12.1 Å². The number of fused-ring (bicyclic) bond motifs is 1. The van der Waals surface area contributed by atoms with Crippen LogP contribution in [-0.4, -0.2) is 17.5 Å². The Bertz CT molecular complexity index is 618. The summed E-state index contributed by atoms with van der Waals surface area (Å²) in [4.78, 5) is 2.53. The van der Waals surface area contributed by atoms with E-state index in [9.17, 15) is 0 Å². The Labute approximate surface area is 127 Å². The molecule has 110 valence electrons. The van der Waals surface area contributed by atoms with E-state index in [1.165, 1.54) is 23.1 Å². The zero-order valence-corrected chi connectivity index (χ0v) is 12.9. The van der Waals surface area contributed by atoms with Crippen LogP contribution in [0, 0.1) is 0 Å². The zero-order valence-electron chi connectivity index (χ0n) is 12.9. The van der Waals surface area contributed by atoms with E-state index in [0.29, 0.717) is 12.0 Å². The van der Waals surface area contributed by atoms with Gasteiger partial charge in [0.15, 0.2) is 0 Å². The second-order valence-corrected chi connectivity index (χ2v) is 6.32. The van der Waals surface area contributed by atoms with Crippen molar-refractivity contribution in [2.24, 2.45) is 0 Å². The normalized spacial score (nSPS) is 16.9. The Balaban J connectivity index is 1.71. The number of nitrogens with two attached hydrogens (primary N) is 1. The van der Waals surface area contributed by atoms with E-state index >= 15 is 0 Å². The molecule has 2 aromatic carbocycles. The first-order chi connectivity index (χ1) is 10.1. The molecule has 0 radical (unpaired) electrons. The molecule has 0 aliphatic heterocycles. The second-order valence-electron chi connectivity index (χ2n) is 6.32. The van der Waals surface area contributed by atoms with Crippen molar-refractivity contribution >= 4 is 5.69 Å². The summed E-state index contributed by atoms with van der Waals surface area (Å²) in [5.74, 6) is 0.675. The molecular formula is C19H24N2. The molecule has 0 amide bonds. The summed E-state index contributed by atoms with van der Waals surface area (Å²) < 4.78 is 0. The minimum absolute atomic E-state index is 0.525. The van der Waals surface area contributed by atoms with Gasteiger partial charge in [-0.1, -0.05) is 42.5 Å².